The molecule has 0 bridgehead atoms. The highest BCUT2D eigenvalue weighted by molar-refractivity contribution is 6.04. The molecule has 0 aliphatic rings. The van der Waals surface area contributed by atoms with Crippen LogP contribution in [0.2, 0.25) is 0 Å². The molecule has 3 rings (SSSR count). The summed E-state index contributed by atoms with van der Waals surface area (Å²) < 4.78 is 10.3. The van der Waals surface area contributed by atoms with E-state index < -0.39 is 5.91 Å². The van der Waals surface area contributed by atoms with E-state index in [0.29, 0.717) is 18.0 Å². The number of hydrogen-bond acceptors (Lipinski definition) is 5. The number of amides is 2. The van der Waals surface area contributed by atoms with E-state index in [0.717, 1.165) is 11.3 Å². The fourth-order valence-electron chi connectivity index (χ4n) is 2.64. The first-order chi connectivity index (χ1) is 14.1. The summed E-state index contributed by atoms with van der Waals surface area (Å²) >= 11 is 0. The van der Waals surface area contributed by atoms with Crippen molar-refractivity contribution in [2.24, 2.45) is 0 Å². The molecule has 7 nitrogen and oxygen atoms in total. The molecule has 2 amide bonds. The minimum absolute atomic E-state index is 0.132. The van der Waals surface area contributed by atoms with Crippen LogP contribution in [0.5, 0.6) is 11.5 Å². The maximum Gasteiger partial charge on any atom is 0.274 e. The monoisotopic (exact) mass is 391 g/mol. The van der Waals surface area contributed by atoms with Crippen LogP contribution in [0, 0.1) is 0 Å². The number of nitrogens with one attached hydrogen (secondary N) is 2. The number of carbonyl (C=O) groups is 2. The van der Waals surface area contributed by atoms with Crippen molar-refractivity contribution >= 4 is 17.5 Å². The van der Waals surface area contributed by atoms with Crippen molar-refractivity contribution in [3.63, 3.8) is 0 Å². The molecule has 1 aromatic heterocycles. The maximum absolute atomic E-state index is 12.5. The summed E-state index contributed by atoms with van der Waals surface area (Å²) in [6, 6.07) is 19.2. The largest absolute Gasteiger partial charge is 0.497 e. The van der Waals surface area contributed by atoms with Crippen LogP contribution in [0.3, 0.4) is 0 Å². The van der Waals surface area contributed by atoms with Gasteiger partial charge in [0.25, 0.3) is 11.8 Å². The third kappa shape index (κ3) is 5.10. The van der Waals surface area contributed by atoms with Crippen molar-refractivity contribution in [2.75, 3.05) is 19.5 Å². The molecular weight excluding hydrogens is 370 g/mol. The molecule has 0 aliphatic heterocycles. The van der Waals surface area contributed by atoms with Gasteiger partial charge < -0.3 is 20.1 Å². The summed E-state index contributed by atoms with van der Waals surface area (Å²) in [5, 5.41) is 5.54. The van der Waals surface area contributed by atoms with Crippen molar-refractivity contribution in [2.45, 2.75) is 6.54 Å². The Morgan fingerprint density at radius 2 is 1.52 bits per heavy atom. The lowest BCUT2D eigenvalue weighted by atomic mass is 10.2. The lowest BCUT2D eigenvalue weighted by molar-refractivity contribution is 0.0945. The van der Waals surface area contributed by atoms with Crippen molar-refractivity contribution in [3.8, 4) is 11.5 Å². The summed E-state index contributed by atoms with van der Waals surface area (Å²) in [7, 11) is 3.12. The van der Waals surface area contributed by atoms with Crippen LogP contribution in [0.1, 0.15) is 26.5 Å². The van der Waals surface area contributed by atoms with E-state index in [-0.39, 0.29) is 17.3 Å². The summed E-state index contributed by atoms with van der Waals surface area (Å²) in [6.07, 6.45) is 0. The first-order valence-electron chi connectivity index (χ1n) is 8.93. The number of carbonyl (C=O) groups excluding carboxylic acids is 2. The predicted octanol–water partition coefficient (Wildman–Crippen LogP) is 3.28. The second-order valence-corrected chi connectivity index (χ2v) is 6.09. The van der Waals surface area contributed by atoms with Crippen LogP contribution in [0.15, 0.2) is 66.7 Å². The average molecular weight is 391 g/mol. The Labute approximate surface area is 168 Å². The Morgan fingerprint density at radius 3 is 2.21 bits per heavy atom. The van der Waals surface area contributed by atoms with Gasteiger partial charge in [0.1, 0.15) is 22.9 Å². The number of hydrogen-bond donors (Lipinski definition) is 2. The molecule has 0 atom stereocenters. The maximum atomic E-state index is 12.5. The van der Waals surface area contributed by atoms with Gasteiger partial charge in [-0.05, 0) is 42.0 Å². The van der Waals surface area contributed by atoms with Crippen molar-refractivity contribution < 1.29 is 19.1 Å². The molecule has 2 aromatic carbocycles. The van der Waals surface area contributed by atoms with Crippen LogP contribution in [0.25, 0.3) is 0 Å². The summed E-state index contributed by atoms with van der Waals surface area (Å²) in [4.78, 5) is 29.1. The number of nitrogens with zero attached hydrogens (tertiary/aromatic N) is 1. The van der Waals surface area contributed by atoms with Crippen LogP contribution >= 0.6 is 0 Å². The van der Waals surface area contributed by atoms with Gasteiger partial charge in [0.2, 0.25) is 0 Å². The molecule has 148 valence electrons. The molecule has 0 spiro atoms. The van der Waals surface area contributed by atoms with Gasteiger partial charge in [-0.3, -0.25) is 9.59 Å². The van der Waals surface area contributed by atoms with Gasteiger partial charge in [-0.2, -0.15) is 0 Å². The predicted molar refractivity (Wildman–Crippen MR) is 109 cm³/mol. The number of pyridine rings is 1. The average Bonchev–Trinajstić information content (AvgIpc) is 2.78. The molecule has 29 heavy (non-hydrogen) atoms. The third-order valence-corrected chi connectivity index (χ3v) is 4.18. The van der Waals surface area contributed by atoms with Crippen molar-refractivity contribution in [3.05, 3.63) is 83.7 Å². The minimum atomic E-state index is -0.431. The van der Waals surface area contributed by atoms with Gasteiger partial charge in [0.05, 0.1) is 19.9 Å². The Hall–Kier alpha value is -3.87. The lowest BCUT2D eigenvalue weighted by Gasteiger charge is -2.10. The van der Waals surface area contributed by atoms with Crippen LogP contribution < -0.4 is 20.1 Å². The molecular formula is C22H21N3O4. The molecule has 0 saturated carbocycles. The second-order valence-electron chi connectivity index (χ2n) is 6.09. The second kappa shape index (κ2) is 9.36. The Bertz CT molecular complexity index is 1000. The smallest absolute Gasteiger partial charge is 0.274 e. The first kappa shape index (κ1) is 19.9. The van der Waals surface area contributed by atoms with Gasteiger partial charge in [0, 0.05) is 6.54 Å². The lowest BCUT2D eigenvalue weighted by Crippen LogP contribution is -2.25. The number of ether oxygens (including phenoxy) is 2. The van der Waals surface area contributed by atoms with Crippen LogP contribution in [0.4, 0.5) is 5.69 Å². The number of aromatic nitrogens is 1. The molecule has 2 N–H and O–H groups in total. The zero-order chi connectivity index (χ0) is 20.6. The van der Waals surface area contributed by atoms with E-state index in [2.05, 4.69) is 15.6 Å². The molecule has 0 aliphatic carbocycles. The van der Waals surface area contributed by atoms with Gasteiger partial charge in [-0.1, -0.05) is 30.3 Å². The summed E-state index contributed by atoms with van der Waals surface area (Å²) in [6.45, 7) is 0.335. The van der Waals surface area contributed by atoms with E-state index in [1.807, 2.05) is 24.3 Å². The van der Waals surface area contributed by atoms with E-state index >= 15 is 0 Å². The Balaban J connectivity index is 1.66. The van der Waals surface area contributed by atoms with Crippen LogP contribution in [-0.4, -0.2) is 31.0 Å². The molecule has 7 heteroatoms. The highest BCUT2D eigenvalue weighted by Gasteiger charge is 2.14. The van der Waals surface area contributed by atoms with E-state index in [4.69, 9.17) is 9.47 Å². The van der Waals surface area contributed by atoms with Crippen molar-refractivity contribution in [1.29, 1.82) is 0 Å². The van der Waals surface area contributed by atoms with Crippen LogP contribution in [-0.2, 0) is 6.54 Å². The standard InChI is InChI=1S/C22H21N3O4/c1-28-16-12-10-15(11-13-16)14-23-21(26)18-7-5-8-19(24-18)22(27)25-17-6-3-4-9-20(17)29-2/h3-13H,14H2,1-2H3,(H,23,26)(H,25,27). The van der Waals surface area contributed by atoms with Gasteiger partial charge in [-0.15, -0.1) is 0 Å². The highest BCUT2D eigenvalue weighted by atomic mass is 16.5. The normalized spacial score (nSPS) is 10.1. The topological polar surface area (TPSA) is 89.5 Å². The number of para-hydroxylation sites is 2. The van der Waals surface area contributed by atoms with E-state index in [1.54, 1.807) is 49.6 Å². The van der Waals surface area contributed by atoms with Gasteiger partial charge >= 0.3 is 0 Å². The Morgan fingerprint density at radius 1 is 0.828 bits per heavy atom. The number of benzene rings is 2. The fourth-order valence-corrected chi connectivity index (χ4v) is 2.64. The van der Waals surface area contributed by atoms with Crippen molar-refractivity contribution in [1.82, 2.24) is 10.3 Å². The molecule has 0 fully saturated rings. The minimum Gasteiger partial charge on any atom is -0.497 e. The quantitative estimate of drug-likeness (QED) is 0.645. The Kier molecular flexibility index (Phi) is 6.42. The first-order valence-corrected chi connectivity index (χ1v) is 8.93. The zero-order valence-corrected chi connectivity index (χ0v) is 16.1. The summed E-state index contributed by atoms with van der Waals surface area (Å²) in [5.74, 6) is 0.483. The number of methoxy groups -OCH3 is 2. The van der Waals surface area contributed by atoms with E-state index in [9.17, 15) is 9.59 Å². The van der Waals surface area contributed by atoms with Gasteiger partial charge in [0.15, 0.2) is 0 Å². The summed E-state index contributed by atoms with van der Waals surface area (Å²) in [5.41, 5.74) is 1.74. The third-order valence-electron chi connectivity index (χ3n) is 4.18. The van der Waals surface area contributed by atoms with Gasteiger partial charge in [-0.25, -0.2) is 4.98 Å². The fraction of sp³-hybridized carbons (Fsp3) is 0.136. The van der Waals surface area contributed by atoms with E-state index in [1.165, 1.54) is 7.11 Å². The molecule has 1 heterocycles. The zero-order valence-electron chi connectivity index (χ0n) is 16.1. The molecule has 0 radical (unpaired) electrons. The molecule has 0 saturated heterocycles. The molecule has 3 aromatic rings. The SMILES string of the molecule is COc1ccc(CNC(=O)c2cccc(C(=O)Nc3ccccc3OC)n2)cc1. The molecule has 0 unspecified atom stereocenters. The highest BCUT2D eigenvalue weighted by Crippen LogP contribution is 2.23. The number of rotatable bonds is 7. The number of anilines is 1.